The Bertz CT molecular complexity index is 557. The molecule has 1 aromatic heterocycles. The van der Waals surface area contributed by atoms with Crippen LogP contribution in [0.2, 0.25) is 0 Å². The summed E-state index contributed by atoms with van der Waals surface area (Å²) >= 11 is 1.75. The smallest absolute Gasteiger partial charge is 0.260 e. The summed E-state index contributed by atoms with van der Waals surface area (Å²) in [7, 11) is 0. The van der Waals surface area contributed by atoms with E-state index in [9.17, 15) is 4.39 Å². The van der Waals surface area contributed by atoms with Gasteiger partial charge in [0.1, 0.15) is 5.82 Å². The summed E-state index contributed by atoms with van der Waals surface area (Å²) in [6.07, 6.45) is 0. The number of benzene rings is 1. The Kier molecular flexibility index (Phi) is 4.42. The van der Waals surface area contributed by atoms with E-state index >= 15 is 0 Å². The van der Waals surface area contributed by atoms with Gasteiger partial charge in [0.05, 0.1) is 11.3 Å². The lowest BCUT2D eigenvalue weighted by Crippen LogP contribution is -1.93. The minimum Gasteiger partial charge on any atom is -0.398 e. The lowest BCUT2D eigenvalue weighted by molar-refractivity contribution is 0.425. The largest absolute Gasteiger partial charge is 0.398 e. The van der Waals surface area contributed by atoms with Crippen molar-refractivity contribution in [1.29, 1.82) is 0 Å². The molecule has 1 aromatic carbocycles. The maximum absolute atomic E-state index is 13.0. The van der Waals surface area contributed by atoms with E-state index in [0.29, 0.717) is 34.6 Å². The van der Waals surface area contributed by atoms with Gasteiger partial charge >= 0.3 is 0 Å². The van der Waals surface area contributed by atoms with E-state index in [4.69, 9.17) is 10.3 Å². The Labute approximate surface area is 115 Å². The minimum atomic E-state index is -0.381. The van der Waals surface area contributed by atoms with Crippen LogP contribution >= 0.6 is 11.8 Å². The lowest BCUT2D eigenvalue weighted by Gasteiger charge is -2.01. The molecule has 0 bridgehead atoms. The number of rotatable bonds is 5. The van der Waals surface area contributed by atoms with Crippen molar-refractivity contribution in [3.05, 3.63) is 29.8 Å². The molecular weight excluding hydrogens is 265 g/mol. The fourth-order valence-corrected chi connectivity index (χ4v) is 2.43. The van der Waals surface area contributed by atoms with Gasteiger partial charge in [-0.2, -0.15) is 16.7 Å². The second-order valence-corrected chi connectivity index (χ2v) is 5.69. The number of nitrogen functional groups attached to an aromatic ring is 1. The zero-order valence-corrected chi connectivity index (χ0v) is 11.7. The molecule has 2 N–H and O–H groups in total. The highest BCUT2D eigenvalue weighted by Crippen LogP contribution is 2.25. The van der Waals surface area contributed by atoms with Gasteiger partial charge in [-0.1, -0.05) is 19.0 Å². The maximum Gasteiger partial charge on any atom is 0.260 e. The van der Waals surface area contributed by atoms with Crippen molar-refractivity contribution in [1.82, 2.24) is 10.1 Å². The van der Waals surface area contributed by atoms with Crippen molar-refractivity contribution < 1.29 is 8.91 Å². The summed E-state index contributed by atoms with van der Waals surface area (Å²) in [6, 6.07) is 4.11. The van der Waals surface area contributed by atoms with E-state index in [1.807, 2.05) is 0 Å². The van der Waals surface area contributed by atoms with Crippen LogP contribution in [0.15, 0.2) is 22.7 Å². The van der Waals surface area contributed by atoms with E-state index in [-0.39, 0.29) is 5.82 Å². The van der Waals surface area contributed by atoms with E-state index < -0.39 is 0 Å². The number of hydrogen-bond acceptors (Lipinski definition) is 5. The minimum absolute atomic E-state index is 0.296. The molecule has 0 spiro atoms. The van der Waals surface area contributed by atoms with Gasteiger partial charge in [0.15, 0.2) is 5.82 Å². The Morgan fingerprint density at radius 1 is 1.42 bits per heavy atom. The fourth-order valence-electron chi connectivity index (χ4n) is 1.54. The summed E-state index contributed by atoms with van der Waals surface area (Å²) in [5.74, 6) is 2.95. The highest BCUT2D eigenvalue weighted by Gasteiger charge is 2.12. The molecule has 4 nitrogen and oxygen atoms in total. The number of halogens is 1. The third-order valence-electron chi connectivity index (χ3n) is 2.39. The van der Waals surface area contributed by atoms with Crippen molar-refractivity contribution in [2.45, 2.75) is 19.6 Å². The van der Waals surface area contributed by atoms with Crippen LogP contribution in [-0.4, -0.2) is 15.9 Å². The zero-order valence-electron chi connectivity index (χ0n) is 10.9. The topological polar surface area (TPSA) is 64.9 Å². The zero-order chi connectivity index (χ0) is 13.8. The summed E-state index contributed by atoms with van der Waals surface area (Å²) in [5.41, 5.74) is 6.59. The molecular formula is C13H16FN3OS. The van der Waals surface area contributed by atoms with Crippen LogP contribution in [0.4, 0.5) is 10.1 Å². The van der Waals surface area contributed by atoms with Crippen LogP contribution in [0.5, 0.6) is 0 Å². The molecule has 0 saturated heterocycles. The number of anilines is 1. The highest BCUT2D eigenvalue weighted by atomic mass is 32.2. The molecule has 0 aliphatic rings. The van der Waals surface area contributed by atoms with Crippen LogP contribution in [0, 0.1) is 11.7 Å². The van der Waals surface area contributed by atoms with Gasteiger partial charge in [0, 0.05) is 5.69 Å². The monoisotopic (exact) mass is 281 g/mol. The van der Waals surface area contributed by atoms with Crippen molar-refractivity contribution in [2.24, 2.45) is 5.92 Å². The van der Waals surface area contributed by atoms with E-state index in [1.54, 1.807) is 17.8 Å². The van der Waals surface area contributed by atoms with E-state index in [0.717, 1.165) is 5.75 Å². The first-order valence-corrected chi connectivity index (χ1v) is 7.17. The predicted octanol–water partition coefficient (Wildman–Crippen LogP) is 3.35. The van der Waals surface area contributed by atoms with Gasteiger partial charge in [-0.15, -0.1) is 0 Å². The maximum atomic E-state index is 13.0. The predicted molar refractivity (Wildman–Crippen MR) is 75.1 cm³/mol. The third-order valence-corrected chi connectivity index (χ3v) is 3.76. The van der Waals surface area contributed by atoms with Gasteiger partial charge in [0.25, 0.3) is 5.89 Å². The number of nitrogens with zero attached hydrogens (tertiary/aromatic N) is 2. The Morgan fingerprint density at radius 2 is 2.21 bits per heavy atom. The highest BCUT2D eigenvalue weighted by molar-refractivity contribution is 7.98. The molecule has 0 radical (unpaired) electrons. The van der Waals surface area contributed by atoms with Crippen LogP contribution in [0.25, 0.3) is 11.5 Å². The number of hydrogen-bond donors (Lipinski definition) is 1. The molecule has 0 atom stereocenters. The van der Waals surface area contributed by atoms with Gasteiger partial charge in [-0.25, -0.2) is 4.39 Å². The van der Waals surface area contributed by atoms with Crippen LogP contribution in [0.1, 0.15) is 19.7 Å². The quantitative estimate of drug-likeness (QED) is 0.851. The van der Waals surface area contributed by atoms with Gasteiger partial charge in [-0.05, 0) is 29.9 Å². The third kappa shape index (κ3) is 3.70. The average Bonchev–Trinajstić information content (AvgIpc) is 2.77. The first-order chi connectivity index (χ1) is 9.06. The Morgan fingerprint density at radius 3 is 2.89 bits per heavy atom. The molecule has 0 unspecified atom stereocenters. The molecule has 0 aliphatic heterocycles. The normalized spacial score (nSPS) is 11.2. The first kappa shape index (κ1) is 13.9. The lowest BCUT2D eigenvalue weighted by atomic mass is 10.2. The average molecular weight is 281 g/mol. The molecule has 2 rings (SSSR count). The summed E-state index contributed by atoms with van der Waals surface area (Å²) in [5, 5.41) is 3.90. The molecule has 0 aliphatic carbocycles. The number of aromatic nitrogens is 2. The first-order valence-electron chi connectivity index (χ1n) is 6.02. The van der Waals surface area contributed by atoms with Crippen LogP contribution in [-0.2, 0) is 5.75 Å². The van der Waals surface area contributed by atoms with Crippen LogP contribution < -0.4 is 5.73 Å². The summed E-state index contributed by atoms with van der Waals surface area (Å²) in [6.45, 7) is 4.32. The Balaban J connectivity index is 2.08. The SMILES string of the molecule is CC(C)CSCc1noc(-c2ccc(F)cc2N)n1. The molecule has 0 amide bonds. The van der Waals surface area contributed by atoms with Crippen molar-refractivity contribution in [2.75, 3.05) is 11.5 Å². The number of nitrogens with two attached hydrogens (primary N) is 1. The molecule has 0 saturated carbocycles. The molecule has 102 valence electrons. The Hall–Kier alpha value is -1.56. The van der Waals surface area contributed by atoms with E-state index in [2.05, 4.69) is 24.0 Å². The van der Waals surface area contributed by atoms with Crippen LogP contribution in [0.3, 0.4) is 0 Å². The van der Waals surface area contributed by atoms with Crippen molar-refractivity contribution >= 4 is 17.4 Å². The molecule has 2 aromatic rings. The molecule has 0 fully saturated rings. The second-order valence-electron chi connectivity index (χ2n) is 4.66. The standard InChI is InChI=1S/C13H16FN3OS/c1-8(2)6-19-7-12-16-13(18-17-12)10-4-3-9(14)5-11(10)15/h3-5,8H,6-7,15H2,1-2H3. The molecule has 19 heavy (non-hydrogen) atoms. The second kappa shape index (κ2) is 6.06. The fraction of sp³-hybridized carbons (Fsp3) is 0.385. The summed E-state index contributed by atoms with van der Waals surface area (Å²) in [4.78, 5) is 4.27. The van der Waals surface area contributed by atoms with E-state index in [1.165, 1.54) is 12.1 Å². The molecule has 6 heteroatoms. The summed E-state index contributed by atoms with van der Waals surface area (Å²) < 4.78 is 18.1. The number of thioether (sulfide) groups is 1. The van der Waals surface area contributed by atoms with Crippen molar-refractivity contribution in [3.63, 3.8) is 0 Å². The van der Waals surface area contributed by atoms with Crippen molar-refractivity contribution in [3.8, 4) is 11.5 Å². The van der Waals surface area contributed by atoms with Gasteiger partial charge < -0.3 is 10.3 Å². The van der Waals surface area contributed by atoms with Gasteiger partial charge in [0.2, 0.25) is 0 Å². The van der Waals surface area contributed by atoms with Gasteiger partial charge in [-0.3, -0.25) is 0 Å². The molecule has 1 heterocycles.